The molecule has 8 nitrogen and oxygen atoms in total. The van der Waals surface area contributed by atoms with Crippen molar-refractivity contribution in [3.05, 3.63) is 63.8 Å². The molecule has 0 saturated carbocycles. The highest BCUT2D eigenvalue weighted by molar-refractivity contribution is 5.98. The highest BCUT2D eigenvalue weighted by Gasteiger charge is 2.29. The Balaban J connectivity index is 0.000000331. The van der Waals surface area contributed by atoms with Crippen LogP contribution < -0.4 is 38.7 Å². The molecule has 0 unspecified atom stereocenters. The Labute approximate surface area is 193 Å². The number of fused-ring (bicyclic) bond motifs is 5. The normalized spacial score (nSPS) is 15.4. The van der Waals surface area contributed by atoms with Gasteiger partial charge in [0.2, 0.25) is 5.36 Å². The van der Waals surface area contributed by atoms with E-state index in [1.165, 1.54) is 58.8 Å². The summed E-state index contributed by atoms with van der Waals surface area (Å²) >= 11 is 0. The molecule has 1 N–H and O–H groups in total. The van der Waals surface area contributed by atoms with Gasteiger partial charge in [-0.3, -0.25) is 0 Å². The van der Waals surface area contributed by atoms with Crippen molar-refractivity contribution in [3.63, 3.8) is 0 Å². The van der Waals surface area contributed by atoms with Crippen LogP contribution in [0, 0.1) is 22.6 Å². The van der Waals surface area contributed by atoms with E-state index in [1.807, 2.05) is 0 Å². The molecule has 0 spiro atoms. The van der Waals surface area contributed by atoms with Crippen LogP contribution in [0.5, 0.6) is 11.5 Å². The monoisotopic (exact) mass is 469 g/mol. The van der Waals surface area contributed by atoms with E-state index in [1.54, 1.807) is 0 Å². The standard InChI is InChI=1S/C23H21N2O.CH3N.ClHO4/c1-14-12-20-21(17-8-3-2-7-16(14)17)24-19-13-15-6-4-10-25-11-5-9-18(22(15)25)23(19)26-20;1-2;2-1(3,4)5/h2-3,7-8,12-13H,4-6,9-11H2,1H3;2H,1H2;(H,2,3,4,5)/q+1;;/p-1. The molecule has 6 rings (SSSR count). The molecule has 172 valence electrons. The van der Waals surface area contributed by atoms with Crippen LogP contribution in [0.1, 0.15) is 29.5 Å². The molecule has 3 aromatic carbocycles. The summed E-state index contributed by atoms with van der Waals surface area (Å²) in [4.78, 5) is 5.10. The van der Waals surface area contributed by atoms with Gasteiger partial charge in [0.15, 0.2) is 11.5 Å². The summed E-state index contributed by atoms with van der Waals surface area (Å²) in [7, 11) is -4.94. The number of aryl methyl sites for hydroxylation is 2. The lowest BCUT2D eigenvalue weighted by Gasteiger charge is -2.23. The molecule has 3 aliphatic heterocycles. The first kappa shape index (κ1) is 23.3. The van der Waals surface area contributed by atoms with E-state index >= 15 is 0 Å². The van der Waals surface area contributed by atoms with Crippen LogP contribution in [0.15, 0.2) is 41.4 Å². The van der Waals surface area contributed by atoms with Gasteiger partial charge in [-0.25, -0.2) is 28.2 Å². The molecule has 0 bridgehead atoms. The van der Waals surface area contributed by atoms with Crippen LogP contribution in [0.25, 0.3) is 10.8 Å². The summed E-state index contributed by atoms with van der Waals surface area (Å²) < 4.78 is 43.0. The summed E-state index contributed by atoms with van der Waals surface area (Å²) in [5.74, 6) is 1.90. The predicted octanol–water partition coefficient (Wildman–Crippen LogP) is -0.902. The van der Waals surface area contributed by atoms with Gasteiger partial charge in [0.25, 0.3) is 0 Å². The number of rotatable bonds is 0. The fourth-order valence-corrected chi connectivity index (χ4v) is 4.94. The van der Waals surface area contributed by atoms with Crippen molar-refractivity contribution in [2.24, 2.45) is 4.99 Å². The zero-order valence-electron chi connectivity index (χ0n) is 18.2. The van der Waals surface area contributed by atoms with Gasteiger partial charge in [0.1, 0.15) is 24.1 Å². The first-order chi connectivity index (χ1) is 15.8. The smallest absolute Gasteiger partial charge is 0.210 e. The third-order valence-electron chi connectivity index (χ3n) is 6.09. The van der Waals surface area contributed by atoms with Gasteiger partial charge in [-0.2, -0.15) is 0 Å². The van der Waals surface area contributed by atoms with E-state index in [9.17, 15) is 0 Å². The number of benzene rings is 3. The van der Waals surface area contributed by atoms with E-state index < -0.39 is 10.2 Å². The van der Waals surface area contributed by atoms with Gasteiger partial charge in [-0.1, -0.05) is 24.3 Å². The molecule has 0 fully saturated rings. The Kier molecular flexibility index (Phi) is 6.47. The Morgan fingerprint density at radius 1 is 1.00 bits per heavy atom. The van der Waals surface area contributed by atoms with Gasteiger partial charge in [0, 0.05) is 23.8 Å². The van der Waals surface area contributed by atoms with E-state index in [0.717, 1.165) is 35.4 Å². The van der Waals surface area contributed by atoms with Crippen molar-refractivity contribution in [1.29, 1.82) is 5.41 Å². The van der Waals surface area contributed by atoms with Crippen LogP contribution >= 0.6 is 0 Å². The quantitative estimate of drug-likeness (QED) is 0.262. The second-order valence-electron chi connectivity index (χ2n) is 8.08. The SMILES string of the molecule is C=N.Cc1cc2c(c3ccccc13)N=c1cc3c4c(c1O2)CCC[N+]=4CCC3.[O-][Cl+3]([O-])([O-])[O-]. The third kappa shape index (κ3) is 4.62. The minimum Gasteiger partial charge on any atom is -0.452 e. The molecule has 0 aliphatic carbocycles. The highest BCUT2D eigenvalue weighted by atomic mass is 35.7. The van der Waals surface area contributed by atoms with Crippen molar-refractivity contribution in [1.82, 2.24) is 4.58 Å². The molecule has 9 heteroatoms. The fourth-order valence-electron chi connectivity index (χ4n) is 4.94. The van der Waals surface area contributed by atoms with Crippen molar-refractivity contribution < 1.29 is 33.6 Å². The number of nitrogens with one attached hydrogen (secondary N) is 1. The largest absolute Gasteiger partial charge is 0.452 e. The van der Waals surface area contributed by atoms with Gasteiger partial charge < -0.3 is 10.1 Å². The average molecular weight is 470 g/mol. The maximum Gasteiger partial charge on any atom is 0.210 e. The van der Waals surface area contributed by atoms with Crippen molar-refractivity contribution in [3.8, 4) is 11.5 Å². The lowest BCUT2D eigenvalue weighted by atomic mass is 9.94. The Morgan fingerprint density at radius 2 is 1.64 bits per heavy atom. The lowest BCUT2D eigenvalue weighted by molar-refractivity contribution is -2.00. The van der Waals surface area contributed by atoms with E-state index in [-0.39, 0.29) is 0 Å². The topological polar surface area (TPSA) is 141 Å². The van der Waals surface area contributed by atoms with Crippen molar-refractivity contribution in [2.45, 2.75) is 32.6 Å². The van der Waals surface area contributed by atoms with Crippen LogP contribution in [0.2, 0.25) is 0 Å². The summed E-state index contributed by atoms with van der Waals surface area (Å²) in [5.41, 5.74) is 5.06. The molecule has 3 aromatic rings. The number of nitrogens with zero attached hydrogens (tertiary/aromatic N) is 2. The van der Waals surface area contributed by atoms with Crippen molar-refractivity contribution in [2.75, 3.05) is 13.1 Å². The van der Waals surface area contributed by atoms with Crippen LogP contribution in [0.4, 0.5) is 5.69 Å². The average Bonchev–Trinajstić information content (AvgIpc) is 2.79. The summed E-state index contributed by atoms with van der Waals surface area (Å²) in [5, 5.41) is 10.4. The molecule has 0 aromatic heterocycles. The molecule has 33 heavy (non-hydrogen) atoms. The molecular weight excluding hydrogens is 446 g/mol. The number of hydrogen-bond acceptors (Lipinski definition) is 7. The third-order valence-corrected chi connectivity index (χ3v) is 6.09. The van der Waals surface area contributed by atoms with Crippen molar-refractivity contribution >= 4 is 23.2 Å². The number of ether oxygens (including phenoxy) is 1. The van der Waals surface area contributed by atoms with Gasteiger partial charge in [-0.15, -0.1) is 10.2 Å². The molecule has 0 saturated heterocycles. The minimum atomic E-state index is -4.94. The predicted molar refractivity (Wildman–Crippen MR) is 113 cm³/mol. The van der Waals surface area contributed by atoms with Gasteiger partial charge in [0.05, 0.1) is 5.56 Å². The van der Waals surface area contributed by atoms with E-state index in [2.05, 4.69) is 54.6 Å². The van der Waals surface area contributed by atoms with Crippen LogP contribution in [-0.2, 0) is 12.8 Å². The molecule has 3 aliphatic rings. The Hall–Kier alpha value is -2.88. The maximum atomic E-state index is 8.49. The molecule has 0 radical (unpaired) electrons. The minimum absolute atomic E-state index is 0.901. The zero-order chi connectivity index (χ0) is 23.8. The molecular formula is C24H24ClN3O5. The van der Waals surface area contributed by atoms with E-state index in [4.69, 9.17) is 33.8 Å². The maximum absolute atomic E-state index is 8.49. The first-order valence-corrected chi connectivity index (χ1v) is 11.9. The fraction of sp³-hybridized carbons (Fsp3) is 0.292. The summed E-state index contributed by atoms with van der Waals surface area (Å²) in [6, 6.07) is 12.9. The summed E-state index contributed by atoms with van der Waals surface area (Å²) in [6.45, 7) is 7.01. The molecule has 0 amide bonds. The number of hydrogen-bond donors (Lipinski definition) is 1. The van der Waals surface area contributed by atoms with Crippen LogP contribution in [0.3, 0.4) is 0 Å². The van der Waals surface area contributed by atoms with Gasteiger partial charge in [-0.05, 0) is 49.6 Å². The highest BCUT2D eigenvalue weighted by Crippen LogP contribution is 2.42. The Bertz CT molecular complexity index is 1340. The first-order valence-electron chi connectivity index (χ1n) is 10.6. The lowest BCUT2D eigenvalue weighted by Crippen LogP contribution is -2.68. The summed E-state index contributed by atoms with van der Waals surface area (Å²) in [6.07, 6.45) is 4.70. The Morgan fingerprint density at radius 3 is 2.33 bits per heavy atom. The van der Waals surface area contributed by atoms with Crippen LogP contribution in [-0.4, -0.2) is 19.8 Å². The molecule has 3 heterocycles. The zero-order valence-corrected chi connectivity index (χ0v) is 19.0. The second-order valence-corrected chi connectivity index (χ2v) is 8.84. The number of halogens is 1. The van der Waals surface area contributed by atoms with E-state index in [0.29, 0.717) is 0 Å². The second kappa shape index (κ2) is 9.17. The molecule has 0 atom stereocenters. The van der Waals surface area contributed by atoms with Gasteiger partial charge >= 0.3 is 0 Å².